The zero-order chi connectivity index (χ0) is 24.0. The first kappa shape index (κ1) is 23.3. The van der Waals surface area contributed by atoms with Gasteiger partial charge in [0.05, 0.1) is 6.04 Å². The van der Waals surface area contributed by atoms with Gasteiger partial charge in [0.15, 0.2) is 0 Å². The van der Waals surface area contributed by atoms with Crippen LogP contribution in [0.15, 0.2) is 97.3 Å². The number of carbonyl (C=O) groups is 1. The molecule has 1 atom stereocenters. The molecule has 178 valence electrons. The molecule has 35 heavy (non-hydrogen) atoms. The molecule has 1 unspecified atom stereocenters. The van der Waals surface area contributed by atoms with Crippen LogP contribution < -0.4 is 0 Å². The quantitative estimate of drug-likeness (QED) is 0.346. The Kier molecular flexibility index (Phi) is 7.26. The van der Waals surface area contributed by atoms with Gasteiger partial charge in [-0.2, -0.15) is 0 Å². The van der Waals surface area contributed by atoms with Crippen LogP contribution in [0.1, 0.15) is 23.6 Å². The average molecular weight is 485 g/mol. The average Bonchev–Trinajstić information content (AvgIpc) is 3.39. The summed E-state index contributed by atoms with van der Waals surface area (Å²) in [6.45, 7) is 3.74. The van der Waals surface area contributed by atoms with Crippen LogP contribution in [0.2, 0.25) is 5.02 Å². The number of piperazine rings is 1. The Morgan fingerprint density at radius 1 is 0.829 bits per heavy atom. The maximum Gasteiger partial charge on any atom is 0.224 e. The summed E-state index contributed by atoms with van der Waals surface area (Å²) in [6.07, 6.45) is 4.21. The second-order valence-corrected chi connectivity index (χ2v) is 9.28. The maximum absolute atomic E-state index is 13.1. The number of hydrogen-bond donors (Lipinski definition) is 0. The van der Waals surface area contributed by atoms with E-state index in [2.05, 4.69) is 50.8 Å². The largest absolute Gasteiger partial charge is 0.340 e. The third-order valence-electron chi connectivity index (χ3n) is 6.65. The van der Waals surface area contributed by atoms with Gasteiger partial charge in [-0.15, -0.1) is 0 Å². The van der Waals surface area contributed by atoms with Gasteiger partial charge in [-0.25, -0.2) is 4.98 Å². The van der Waals surface area contributed by atoms with Gasteiger partial charge in [-0.3, -0.25) is 9.69 Å². The van der Waals surface area contributed by atoms with Crippen molar-refractivity contribution in [2.24, 2.45) is 0 Å². The fraction of sp³-hybridized carbons (Fsp3) is 0.241. The molecule has 1 aromatic heterocycles. The standard InChI is InChI=1S/C29H29ClN4O/c30-26-13-11-24(12-14-26)28(23-7-3-1-4-8-23)33-21-19-32(20-22-33)27(35)15-17-34-18-16-31-29(34)25-9-5-2-6-10-25/h1-14,16,18,28H,15,17,19-22H2. The van der Waals surface area contributed by atoms with Crippen molar-refractivity contribution in [3.63, 3.8) is 0 Å². The normalized spacial score (nSPS) is 15.2. The van der Waals surface area contributed by atoms with E-state index in [0.717, 1.165) is 42.6 Å². The summed E-state index contributed by atoms with van der Waals surface area (Å²) in [6, 6.07) is 28.9. The van der Waals surface area contributed by atoms with E-state index >= 15 is 0 Å². The summed E-state index contributed by atoms with van der Waals surface area (Å²) in [7, 11) is 0. The third kappa shape index (κ3) is 5.47. The lowest BCUT2D eigenvalue weighted by Gasteiger charge is -2.40. The van der Waals surface area contributed by atoms with E-state index in [1.165, 1.54) is 11.1 Å². The van der Waals surface area contributed by atoms with Crippen LogP contribution in [0.5, 0.6) is 0 Å². The lowest BCUT2D eigenvalue weighted by Crippen LogP contribution is -2.50. The predicted molar refractivity (Wildman–Crippen MR) is 140 cm³/mol. The molecule has 2 heterocycles. The Morgan fingerprint density at radius 3 is 2.14 bits per heavy atom. The van der Waals surface area contributed by atoms with Crippen molar-refractivity contribution < 1.29 is 4.79 Å². The predicted octanol–water partition coefficient (Wildman–Crippen LogP) is 5.53. The van der Waals surface area contributed by atoms with Crippen LogP contribution in [-0.4, -0.2) is 51.4 Å². The zero-order valence-corrected chi connectivity index (χ0v) is 20.4. The van der Waals surface area contributed by atoms with Crippen molar-refractivity contribution in [1.82, 2.24) is 19.4 Å². The number of halogens is 1. The highest BCUT2D eigenvalue weighted by molar-refractivity contribution is 6.30. The van der Waals surface area contributed by atoms with Crippen LogP contribution in [-0.2, 0) is 11.3 Å². The number of benzene rings is 3. The highest BCUT2D eigenvalue weighted by Gasteiger charge is 2.28. The van der Waals surface area contributed by atoms with Crippen LogP contribution >= 0.6 is 11.6 Å². The Bertz CT molecular complexity index is 1230. The van der Waals surface area contributed by atoms with Crippen LogP contribution in [0.3, 0.4) is 0 Å². The topological polar surface area (TPSA) is 41.4 Å². The van der Waals surface area contributed by atoms with Gasteiger partial charge in [0.1, 0.15) is 5.82 Å². The van der Waals surface area contributed by atoms with Crippen LogP contribution in [0.25, 0.3) is 11.4 Å². The van der Waals surface area contributed by atoms with E-state index in [-0.39, 0.29) is 11.9 Å². The monoisotopic (exact) mass is 484 g/mol. The van der Waals surface area contributed by atoms with Crippen molar-refractivity contribution in [3.05, 3.63) is 113 Å². The molecule has 0 bridgehead atoms. The first-order chi connectivity index (χ1) is 17.2. The summed E-state index contributed by atoms with van der Waals surface area (Å²) in [5.74, 6) is 1.09. The third-order valence-corrected chi connectivity index (χ3v) is 6.90. The lowest BCUT2D eigenvalue weighted by atomic mass is 9.96. The number of amides is 1. The van der Waals surface area contributed by atoms with Crippen molar-refractivity contribution in [2.75, 3.05) is 26.2 Å². The smallest absolute Gasteiger partial charge is 0.224 e. The maximum atomic E-state index is 13.1. The molecule has 5 rings (SSSR count). The van der Waals surface area contributed by atoms with Crippen molar-refractivity contribution in [2.45, 2.75) is 19.0 Å². The van der Waals surface area contributed by atoms with E-state index in [1.54, 1.807) is 6.20 Å². The van der Waals surface area contributed by atoms with E-state index in [1.807, 2.05) is 59.6 Å². The Hall–Kier alpha value is -3.41. The highest BCUT2D eigenvalue weighted by atomic mass is 35.5. The molecule has 1 amide bonds. The van der Waals surface area contributed by atoms with Gasteiger partial charge < -0.3 is 9.47 Å². The second-order valence-electron chi connectivity index (χ2n) is 8.84. The minimum Gasteiger partial charge on any atom is -0.340 e. The zero-order valence-electron chi connectivity index (χ0n) is 19.6. The molecule has 6 heteroatoms. The van der Waals surface area contributed by atoms with Crippen molar-refractivity contribution in [3.8, 4) is 11.4 Å². The summed E-state index contributed by atoms with van der Waals surface area (Å²) < 4.78 is 2.06. The molecular formula is C29H29ClN4O. The van der Waals surface area contributed by atoms with Gasteiger partial charge in [0, 0.05) is 62.1 Å². The first-order valence-corrected chi connectivity index (χ1v) is 12.5. The summed E-state index contributed by atoms with van der Waals surface area (Å²) >= 11 is 6.15. The summed E-state index contributed by atoms with van der Waals surface area (Å²) in [4.78, 5) is 22.0. The molecule has 3 aromatic carbocycles. The number of aromatic nitrogens is 2. The van der Waals surface area contributed by atoms with E-state index < -0.39 is 0 Å². The molecule has 0 aliphatic carbocycles. The number of rotatable bonds is 7. The van der Waals surface area contributed by atoms with E-state index in [9.17, 15) is 4.79 Å². The van der Waals surface area contributed by atoms with Crippen molar-refractivity contribution in [1.29, 1.82) is 0 Å². The number of carbonyl (C=O) groups excluding carboxylic acids is 1. The van der Waals surface area contributed by atoms with Gasteiger partial charge in [-0.05, 0) is 23.3 Å². The molecule has 1 saturated heterocycles. The van der Waals surface area contributed by atoms with E-state index in [0.29, 0.717) is 13.0 Å². The van der Waals surface area contributed by atoms with Gasteiger partial charge in [-0.1, -0.05) is 84.4 Å². The number of nitrogens with zero attached hydrogens (tertiary/aromatic N) is 4. The molecule has 0 radical (unpaired) electrons. The Labute approximate surface area is 211 Å². The number of aryl methyl sites for hydroxylation is 1. The number of imidazole rings is 1. The highest BCUT2D eigenvalue weighted by Crippen LogP contribution is 2.30. The fourth-order valence-electron chi connectivity index (χ4n) is 4.84. The first-order valence-electron chi connectivity index (χ1n) is 12.1. The summed E-state index contributed by atoms with van der Waals surface area (Å²) in [5, 5.41) is 0.740. The fourth-order valence-corrected chi connectivity index (χ4v) is 4.96. The second kappa shape index (κ2) is 10.9. The molecular weight excluding hydrogens is 456 g/mol. The van der Waals surface area contributed by atoms with Gasteiger partial charge >= 0.3 is 0 Å². The lowest BCUT2D eigenvalue weighted by molar-refractivity contribution is -0.133. The van der Waals surface area contributed by atoms with Gasteiger partial charge in [0.2, 0.25) is 5.91 Å². The number of hydrogen-bond acceptors (Lipinski definition) is 3. The molecule has 5 nitrogen and oxygen atoms in total. The molecule has 4 aromatic rings. The van der Waals surface area contributed by atoms with Crippen LogP contribution in [0, 0.1) is 0 Å². The Morgan fingerprint density at radius 2 is 1.46 bits per heavy atom. The minimum atomic E-state index is 0.144. The van der Waals surface area contributed by atoms with Gasteiger partial charge in [0.25, 0.3) is 0 Å². The molecule has 1 fully saturated rings. The molecule has 1 aliphatic heterocycles. The van der Waals surface area contributed by atoms with Crippen molar-refractivity contribution >= 4 is 17.5 Å². The minimum absolute atomic E-state index is 0.144. The SMILES string of the molecule is O=C(CCn1ccnc1-c1ccccc1)N1CCN(C(c2ccccc2)c2ccc(Cl)cc2)CC1. The van der Waals surface area contributed by atoms with E-state index in [4.69, 9.17) is 11.6 Å². The molecule has 1 aliphatic rings. The summed E-state index contributed by atoms with van der Waals surface area (Å²) in [5.41, 5.74) is 3.53. The molecule has 0 saturated carbocycles. The van der Waals surface area contributed by atoms with Crippen LogP contribution in [0.4, 0.5) is 0 Å². The molecule has 0 spiro atoms. The molecule has 0 N–H and O–H groups in total. The Balaban J connectivity index is 1.22.